The van der Waals surface area contributed by atoms with Gasteiger partial charge in [0.25, 0.3) is 0 Å². The molecule has 6 nitrogen and oxygen atoms in total. The molecule has 0 radical (unpaired) electrons. The monoisotopic (exact) mass is 440 g/mol. The standard InChI is InChI=1S/C24H24O6S/c1-27-19-13-20(28-2)18(23-6-5-9-31-23)10-15(19)7-8-16(14-25)17-11-21(29-3)24(26)22(12-17)30-4/h5-6,8-14,26H,7H2,1-4H3. The van der Waals surface area contributed by atoms with Gasteiger partial charge in [-0.1, -0.05) is 12.1 Å². The molecule has 0 aliphatic carbocycles. The normalized spacial score (nSPS) is 11.2. The molecule has 0 atom stereocenters. The van der Waals surface area contributed by atoms with E-state index in [2.05, 4.69) is 0 Å². The van der Waals surface area contributed by atoms with Crippen molar-refractivity contribution in [2.45, 2.75) is 6.42 Å². The average Bonchev–Trinajstić information content (AvgIpc) is 3.34. The molecule has 0 saturated heterocycles. The maximum absolute atomic E-state index is 11.9. The Bertz CT molecular complexity index is 1060. The molecule has 0 spiro atoms. The molecule has 1 aromatic heterocycles. The second-order valence-electron chi connectivity index (χ2n) is 6.55. The van der Waals surface area contributed by atoms with Crippen LogP contribution in [0.5, 0.6) is 28.7 Å². The number of hydrogen-bond acceptors (Lipinski definition) is 7. The summed E-state index contributed by atoms with van der Waals surface area (Å²) in [5, 5.41) is 12.1. The Morgan fingerprint density at radius 2 is 1.58 bits per heavy atom. The Labute approximate surface area is 185 Å². The number of ether oxygens (including phenoxy) is 4. The Morgan fingerprint density at radius 1 is 0.935 bits per heavy atom. The number of thiophene rings is 1. The van der Waals surface area contributed by atoms with Gasteiger partial charge in [-0.25, -0.2) is 0 Å². The third-order valence-electron chi connectivity index (χ3n) is 4.87. The molecule has 0 aliphatic heterocycles. The van der Waals surface area contributed by atoms with Crippen LogP contribution in [0.25, 0.3) is 16.0 Å². The molecule has 2 aromatic carbocycles. The van der Waals surface area contributed by atoms with Crippen LogP contribution in [0.3, 0.4) is 0 Å². The van der Waals surface area contributed by atoms with Gasteiger partial charge < -0.3 is 24.1 Å². The number of aldehydes is 1. The zero-order valence-corrected chi connectivity index (χ0v) is 18.6. The number of phenols is 1. The zero-order valence-electron chi connectivity index (χ0n) is 17.8. The third-order valence-corrected chi connectivity index (χ3v) is 5.77. The summed E-state index contributed by atoms with van der Waals surface area (Å²) in [4.78, 5) is 12.9. The second-order valence-corrected chi connectivity index (χ2v) is 7.50. The molecule has 0 saturated carbocycles. The van der Waals surface area contributed by atoms with Crippen LogP contribution in [0.1, 0.15) is 11.1 Å². The van der Waals surface area contributed by atoms with Crippen LogP contribution in [0.4, 0.5) is 0 Å². The molecule has 0 fully saturated rings. The van der Waals surface area contributed by atoms with Gasteiger partial charge in [-0.3, -0.25) is 4.79 Å². The highest BCUT2D eigenvalue weighted by atomic mass is 32.1. The van der Waals surface area contributed by atoms with E-state index in [0.29, 0.717) is 23.3 Å². The smallest absolute Gasteiger partial charge is 0.200 e. The summed E-state index contributed by atoms with van der Waals surface area (Å²) in [5.74, 6) is 1.72. The van der Waals surface area contributed by atoms with Gasteiger partial charge in [0.2, 0.25) is 5.75 Å². The quantitative estimate of drug-likeness (QED) is 0.374. The van der Waals surface area contributed by atoms with Crippen LogP contribution in [0, 0.1) is 0 Å². The van der Waals surface area contributed by atoms with Crippen molar-refractivity contribution in [2.75, 3.05) is 28.4 Å². The van der Waals surface area contributed by atoms with Crippen LogP contribution in [-0.2, 0) is 11.2 Å². The number of rotatable bonds is 9. The number of methoxy groups -OCH3 is 4. The highest BCUT2D eigenvalue weighted by Crippen LogP contribution is 2.40. The number of hydrogen-bond donors (Lipinski definition) is 1. The van der Waals surface area contributed by atoms with Crippen LogP contribution in [0.2, 0.25) is 0 Å². The molecular formula is C24H24O6S. The molecular weight excluding hydrogens is 416 g/mol. The topological polar surface area (TPSA) is 74.2 Å². The summed E-state index contributed by atoms with van der Waals surface area (Å²) >= 11 is 1.62. The van der Waals surface area contributed by atoms with Crippen LogP contribution in [0.15, 0.2) is 47.9 Å². The molecule has 0 amide bonds. The Hall–Kier alpha value is -3.45. The summed E-state index contributed by atoms with van der Waals surface area (Å²) in [7, 11) is 6.11. The van der Waals surface area contributed by atoms with E-state index in [0.717, 1.165) is 28.0 Å². The van der Waals surface area contributed by atoms with Gasteiger partial charge in [-0.05, 0) is 47.2 Å². The van der Waals surface area contributed by atoms with Crippen molar-refractivity contribution in [2.24, 2.45) is 0 Å². The van der Waals surface area contributed by atoms with Crippen molar-refractivity contribution < 1.29 is 28.8 Å². The lowest BCUT2D eigenvalue weighted by molar-refractivity contribution is -0.103. The molecule has 3 rings (SSSR count). The minimum atomic E-state index is -0.114. The summed E-state index contributed by atoms with van der Waals surface area (Å²) in [6.07, 6.45) is 3.02. The van der Waals surface area contributed by atoms with Crippen LogP contribution >= 0.6 is 11.3 Å². The highest BCUT2D eigenvalue weighted by Gasteiger charge is 2.15. The number of carbonyl (C=O) groups excluding carboxylic acids is 1. The number of allylic oxidation sites excluding steroid dienone is 2. The predicted molar refractivity (Wildman–Crippen MR) is 122 cm³/mol. The van der Waals surface area contributed by atoms with Crippen LogP contribution < -0.4 is 18.9 Å². The zero-order chi connectivity index (χ0) is 22.4. The molecule has 1 N–H and O–H groups in total. The summed E-state index contributed by atoms with van der Waals surface area (Å²) in [5.41, 5.74) is 2.88. The van der Waals surface area contributed by atoms with Gasteiger partial charge in [0.05, 0.1) is 28.4 Å². The van der Waals surface area contributed by atoms with E-state index in [1.54, 1.807) is 43.8 Å². The van der Waals surface area contributed by atoms with Crippen LogP contribution in [-0.4, -0.2) is 39.8 Å². The number of carbonyl (C=O) groups is 1. The fraction of sp³-hybridized carbons (Fsp3) is 0.208. The third kappa shape index (κ3) is 4.67. The predicted octanol–water partition coefficient (Wildman–Crippen LogP) is 4.98. The van der Waals surface area contributed by atoms with Crippen molar-refractivity contribution in [3.05, 3.63) is 59.0 Å². The van der Waals surface area contributed by atoms with E-state index in [-0.39, 0.29) is 17.2 Å². The van der Waals surface area contributed by atoms with E-state index < -0.39 is 0 Å². The second kappa shape index (κ2) is 10.0. The largest absolute Gasteiger partial charge is 0.502 e. The van der Waals surface area contributed by atoms with E-state index in [1.165, 1.54) is 14.2 Å². The van der Waals surface area contributed by atoms with Gasteiger partial charge in [0, 0.05) is 22.1 Å². The maximum atomic E-state index is 11.9. The molecule has 1 heterocycles. The molecule has 162 valence electrons. The average molecular weight is 441 g/mol. The van der Waals surface area contributed by atoms with Crippen molar-refractivity contribution in [3.8, 4) is 39.2 Å². The lowest BCUT2D eigenvalue weighted by atomic mass is 10.00. The van der Waals surface area contributed by atoms with Gasteiger partial charge >= 0.3 is 0 Å². The lowest BCUT2D eigenvalue weighted by Crippen LogP contribution is -1.97. The van der Waals surface area contributed by atoms with Gasteiger partial charge in [0.15, 0.2) is 11.5 Å². The molecule has 0 unspecified atom stereocenters. The molecule has 3 aromatic rings. The van der Waals surface area contributed by atoms with Crippen molar-refractivity contribution in [1.82, 2.24) is 0 Å². The molecule has 0 bridgehead atoms. The van der Waals surface area contributed by atoms with Gasteiger partial charge in [-0.2, -0.15) is 0 Å². The van der Waals surface area contributed by atoms with Gasteiger partial charge in [-0.15, -0.1) is 11.3 Å². The van der Waals surface area contributed by atoms with E-state index in [9.17, 15) is 9.90 Å². The number of phenolic OH excluding ortho intramolecular Hbond substituents is 1. The summed E-state index contributed by atoms with van der Waals surface area (Å²) < 4.78 is 21.5. The van der Waals surface area contributed by atoms with E-state index in [4.69, 9.17) is 18.9 Å². The first-order chi connectivity index (χ1) is 15.1. The first kappa shape index (κ1) is 22.2. The first-order valence-corrected chi connectivity index (χ1v) is 10.3. The summed E-state index contributed by atoms with van der Waals surface area (Å²) in [6, 6.07) is 11.1. The molecule has 0 aliphatic rings. The van der Waals surface area contributed by atoms with Crippen molar-refractivity contribution in [3.63, 3.8) is 0 Å². The fourth-order valence-corrected chi connectivity index (χ4v) is 4.01. The minimum absolute atomic E-state index is 0.114. The van der Waals surface area contributed by atoms with Crippen molar-refractivity contribution in [1.29, 1.82) is 0 Å². The summed E-state index contributed by atoms with van der Waals surface area (Å²) in [6.45, 7) is 0. The van der Waals surface area contributed by atoms with E-state index >= 15 is 0 Å². The minimum Gasteiger partial charge on any atom is -0.502 e. The molecule has 31 heavy (non-hydrogen) atoms. The Balaban J connectivity index is 2.03. The number of aromatic hydroxyl groups is 1. The van der Waals surface area contributed by atoms with Gasteiger partial charge in [0.1, 0.15) is 17.8 Å². The van der Waals surface area contributed by atoms with Crippen molar-refractivity contribution >= 4 is 23.2 Å². The fourth-order valence-electron chi connectivity index (χ4n) is 3.26. The molecule has 7 heteroatoms. The Kier molecular flexibility index (Phi) is 7.20. The number of benzene rings is 2. The maximum Gasteiger partial charge on any atom is 0.200 e. The lowest BCUT2D eigenvalue weighted by Gasteiger charge is -2.14. The SMILES string of the molecule is COc1cc(OC)c(-c2cccs2)cc1CC=C(C=O)c1cc(OC)c(O)c(OC)c1. The first-order valence-electron chi connectivity index (χ1n) is 9.45. The Morgan fingerprint density at radius 3 is 2.10 bits per heavy atom. The van der Waals surface area contributed by atoms with E-state index in [1.807, 2.05) is 29.6 Å². The highest BCUT2D eigenvalue weighted by molar-refractivity contribution is 7.13.